The third kappa shape index (κ3) is 5.42. The molecule has 5 N–H and O–H groups in total. The van der Waals surface area contributed by atoms with Gasteiger partial charge in [0.25, 0.3) is 5.91 Å². The Morgan fingerprint density at radius 3 is 2.10 bits per heavy atom. The minimum absolute atomic E-state index is 0.00750. The zero-order valence-corrected chi connectivity index (χ0v) is 24.9. The van der Waals surface area contributed by atoms with Crippen molar-refractivity contribution in [2.24, 2.45) is 29.6 Å². The molecule has 0 aliphatic heterocycles. The second-order valence-electron chi connectivity index (χ2n) is 11.6. The first-order valence-corrected chi connectivity index (χ1v) is 13.9. The maximum atomic E-state index is 13.5. The van der Waals surface area contributed by atoms with Crippen molar-refractivity contribution in [3.63, 3.8) is 0 Å². The summed E-state index contributed by atoms with van der Waals surface area (Å²) in [5, 5.41) is 54.8. The Balaban J connectivity index is 1.95. The minimum Gasteiger partial charge on any atom is -0.396 e. The lowest BCUT2D eigenvalue weighted by molar-refractivity contribution is -0.204. The molecule has 3 rings (SSSR count). The maximum absolute atomic E-state index is 13.5. The van der Waals surface area contributed by atoms with Gasteiger partial charge in [-0.15, -0.1) is 5.10 Å². The molecule has 230 valence electrons. The van der Waals surface area contributed by atoms with Crippen LogP contribution in [0.4, 0.5) is 0 Å². The van der Waals surface area contributed by atoms with Crippen LogP contribution in [0.15, 0.2) is 6.20 Å². The van der Waals surface area contributed by atoms with Crippen molar-refractivity contribution < 1.29 is 44.2 Å². The Hall–Kier alpha value is -1.71. The number of carbonyl (C=O) groups is 1. The summed E-state index contributed by atoms with van der Waals surface area (Å²) in [6, 6.07) is -1.46. The van der Waals surface area contributed by atoms with Gasteiger partial charge in [-0.05, 0) is 5.92 Å². The van der Waals surface area contributed by atoms with Crippen LogP contribution < -0.4 is 5.32 Å². The van der Waals surface area contributed by atoms with Crippen molar-refractivity contribution in [3.05, 3.63) is 11.9 Å². The van der Waals surface area contributed by atoms with Gasteiger partial charge in [0.05, 0.1) is 48.8 Å². The number of aliphatic hydroxyl groups excluding tert-OH is 2. The summed E-state index contributed by atoms with van der Waals surface area (Å²) in [6.07, 6.45) is 0.234. The van der Waals surface area contributed by atoms with Crippen molar-refractivity contribution in [2.45, 2.75) is 75.7 Å². The second kappa shape index (κ2) is 13.1. The predicted octanol–water partition coefficient (Wildman–Crippen LogP) is -0.366. The summed E-state index contributed by atoms with van der Waals surface area (Å²) < 4.78 is 24.0. The number of nitrogens with zero attached hydrogens (tertiary/aromatic N) is 3. The average molecular weight is 573 g/mol. The number of amides is 1. The number of rotatable bonds is 11. The fourth-order valence-electron chi connectivity index (χ4n) is 7.55. The third-order valence-electron chi connectivity index (χ3n) is 9.80. The summed E-state index contributed by atoms with van der Waals surface area (Å²) in [5.74, 6) is -2.50. The molecular formula is C27H48N4O9. The highest BCUT2D eigenvalue weighted by molar-refractivity contribution is 5.92. The Morgan fingerprint density at radius 2 is 1.57 bits per heavy atom. The van der Waals surface area contributed by atoms with Crippen LogP contribution in [-0.4, -0.2) is 125 Å². The molecule has 1 amide bonds. The van der Waals surface area contributed by atoms with Crippen LogP contribution in [0, 0.1) is 29.6 Å². The van der Waals surface area contributed by atoms with Gasteiger partial charge in [-0.3, -0.25) is 4.79 Å². The van der Waals surface area contributed by atoms with Crippen molar-refractivity contribution in [1.82, 2.24) is 20.3 Å². The SMILES string of the molecule is COCC1(O)C(C)C(CO)C(OC)C(C)C1n1cc(C(=O)NC2C(C)C(OC)C(OC)C(C)C2(O)CCO)nn1. The molecular weight excluding hydrogens is 524 g/mol. The molecule has 12 unspecified atom stereocenters. The summed E-state index contributed by atoms with van der Waals surface area (Å²) >= 11 is 0. The molecule has 40 heavy (non-hydrogen) atoms. The third-order valence-corrected chi connectivity index (χ3v) is 9.80. The van der Waals surface area contributed by atoms with Crippen LogP contribution in [-0.2, 0) is 18.9 Å². The van der Waals surface area contributed by atoms with E-state index in [-0.39, 0.29) is 55.8 Å². The first-order chi connectivity index (χ1) is 18.9. The van der Waals surface area contributed by atoms with Crippen LogP contribution in [0.5, 0.6) is 0 Å². The Bertz CT molecular complexity index is 982. The van der Waals surface area contributed by atoms with E-state index in [1.54, 1.807) is 21.3 Å². The molecule has 12 atom stereocenters. The highest BCUT2D eigenvalue weighted by Gasteiger charge is 2.58. The molecule has 0 aromatic carbocycles. The van der Waals surface area contributed by atoms with E-state index in [4.69, 9.17) is 18.9 Å². The van der Waals surface area contributed by atoms with E-state index in [2.05, 4.69) is 15.6 Å². The molecule has 2 saturated carbocycles. The van der Waals surface area contributed by atoms with Crippen molar-refractivity contribution >= 4 is 5.91 Å². The van der Waals surface area contributed by atoms with Gasteiger partial charge in [0.15, 0.2) is 5.69 Å². The molecule has 0 saturated heterocycles. The number of aromatic nitrogens is 3. The summed E-state index contributed by atoms with van der Waals surface area (Å²) in [7, 11) is 6.16. The van der Waals surface area contributed by atoms with Crippen molar-refractivity contribution in [3.8, 4) is 0 Å². The van der Waals surface area contributed by atoms with Gasteiger partial charge in [-0.25, -0.2) is 4.68 Å². The summed E-state index contributed by atoms with van der Waals surface area (Å²) in [6.45, 7) is 6.92. The van der Waals surface area contributed by atoms with E-state index in [1.807, 2.05) is 27.7 Å². The number of hydrogen-bond donors (Lipinski definition) is 5. The lowest BCUT2D eigenvalue weighted by atomic mass is 9.62. The first kappa shape index (κ1) is 32.8. The number of ether oxygens (including phenoxy) is 4. The standard InChI is InChI=1S/C27H48N4O9/c1-14-21(39-7)22(40-8)17(4)26(35,9-10-32)23(14)28-25(34)19-11-31(30-29-19)24-15(2)20(38-6)18(12-33)16(3)27(24,36)13-37-5/h11,14-18,20-24,32-33,35-36H,9-10,12-13H2,1-8H3,(H,28,34). The topological polar surface area (TPSA) is 178 Å². The molecule has 2 fully saturated rings. The highest BCUT2D eigenvalue weighted by atomic mass is 16.5. The zero-order chi connectivity index (χ0) is 30.0. The van der Waals surface area contributed by atoms with E-state index in [0.29, 0.717) is 0 Å². The van der Waals surface area contributed by atoms with Crippen molar-refractivity contribution in [1.29, 1.82) is 0 Å². The molecule has 2 aliphatic carbocycles. The summed E-state index contributed by atoms with van der Waals surface area (Å²) in [4.78, 5) is 13.5. The molecule has 0 bridgehead atoms. The van der Waals surface area contributed by atoms with Gasteiger partial charge in [-0.1, -0.05) is 32.9 Å². The lowest BCUT2D eigenvalue weighted by Crippen LogP contribution is -2.70. The van der Waals surface area contributed by atoms with Crippen molar-refractivity contribution in [2.75, 3.05) is 48.3 Å². The monoisotopic (exact) mass is 572 g/mol. The smallest absolute Gasteiger partial charge is 0.273 e. The fraction of sp³-hybridized carbons (Fsp3) is 0.889. The largest absolute Gasteiger partial charge is 0.396 e. The van der Waals surface area contributed by atoms with Gasteiger partial charge in [0, 0.05) is 71.7 Å². The average Bonchev–Trinajstić information content (AvgIpc) is 3.40. The molecule has 1 heterocycles. The van der Waals surface area contributed by atoms with Gasteiger partial charge < -0.3 is 44.7 Å². The fourth-order valence-corrected chi connectivity index (χ4v) is 7.55. The number of hydrogen-bond acceptors (Lipinski definition) is 11. The Morgan fingerprint density at radius 1 is 0.950 bits per heavy atom. The van der Waals surface area contributed by atoms with E-state index in [9.17, 15) is 25.2 Å². The maximum Gasteiger partial charge on any atom is 0.273 e. The zero-order valence-electron chi connectivity index (χ0n) is 24.9. The van der Waals surface area contributed by atoms with Crippen LogP contribution in [0.2, 0.25) is 0 Å². The van der Waals surface area contributed by atoms with Crippen LogP contribution in [0.25, 0.3) is 0 Å². The number of nitrogens with one attached hydrogen (secondary N) is 1. The van der Waals surface area contributed by atoms with Gasteiger partial charge in [-0.2, -0.15) is 0 Å². The molecule has 13 nitrogen and oxygen atoms in total. The molecule has 1 aromatic rings. The highest BCUT2D eigenvalue weighted by Crippen LogP contribution is 2.48. The Labute approximate surface area is 236 Å². The number of aliphatic hydroxyl groups is 4. The van der Waals surface area contributed by atoms with E-state index in [0.717, 1.165) is 0 Å². The van der Waals surface area contributed by atoms with Gasteiger partial charge in [0.2, 0.25) is 0 Å². The summed E-state index contributed by atoms with van der Waals surface area (Å²) in [5.41, 5.74) is -2.92. The normalized spacial score (nSPS) is 42.1. The molecule has 0 spiro atoms. The van der Waals surface area contributed by atoms with E-state index in [1.165, 1.54) is 18.0 Å². The Kier molecular flexibility index (Phi) is 10.7. The number of carbonyl (C=O) groups excluding carboxylic acids is 1. The second-order valence-corrected chi connectivity index (χ2v) is 11.6. The molecule has 0 radical (unpaired) electrons. The lowest BCUT2D eigenvalue weighted by Gasteiger charge is -2.53. The minimum atomic E-state index is -1.48. The number of methoxy groups -OCH3 is 4. The van der Waals surface area contributed by atoms with Crippen LogP contribution in [0.1, 0.15) is 50.6 Å². The van der Waals surface area contributed by atoms with Gasteiger partial charge in [0.1, 0.15) is 5.60 Å². The van der Waals surface area contributed by atoms with Crippen LogP contribution in [0.3, 0.4) is 0 Å². The predicted molar refractivity (Wildman–Crippen MR) is 143 cm³/mol. The van der Waals surface area contributed by atoms with E-state index < -0.39 is 53.2 Å². The first-order valence-electron chi connectivity index (χ1n) is 13.9. The van der Waals surface area contributed by atoms with E-state index >= 15 is 0 Å². The molecule has 1 aromatic heterocycles. The van der Waals surface area contributed by atoms with Crippen LogP contribution >= 0.6 is 0 Å². The molecule has 13 heteroatoms. The van der Waals surface area contributed by atoms with Gasteiger partial charge >= 0.3 is 0 Å². The quantitative estimate of drug-likeness (QED) is 0.234. The molecule has 2 aliphatic rings.